The molecule has 0 spiro atoms. The van der Waals surface area contributed by atoms with Crippen LogP contribution in [0.1, 0.15) is 6.92 Å². The fourth-order valence-corrected chi connectivity index (χ4v) is 2.62. The van der Waals surface area contributed by atoms with Crippen LogP contribution in [0.4, 0.5) is 0 Å². The Hall–Kier alpha value is -0.630. The lowest BCUT2D eigenvalue weighted by molar-refractivity contribution is -0.0358. The highest BCUT2D eigenvalue weighted by Gasteiger charge is 2.21. The Morgan fingerprint density at radius 2 is 2.39 bits per heavy atom. The van der Waals surface area contributed by atoms with Crippen LogP contribution in [0, 0.1) is 0 Å². The van der Waals surface area contributed by atoms with Crippen molar-refractivity contribution >= 4 is 19.7 Å². The van der Waals surface area contributed by atoms with E-state index in [1.54, 1.807) is 4.68 Å². The summed E-state index contributed by atoms with van der Waals surface area (Å²) in [6, 6.07) is 0. The van der Waals surface area contributed by atoms with Gasteiger partial charge in [0.15, 0.2) is 0 Å². The molecule has 0 N–H and O–H groups in total. The number of morpholine rings is 1. The molecule has 1 aliphatic rings. The Balaban J connectivity index is 1.99. The van der Waals surface area contributed by atoms with E-state index in [1.165, 1.54) is 12.4 Å². The summed E-state index contributed by atoms with van der Waals surface area (Å²) in [5.41, 5.74) is 0. The molecule has 1 atom stereocenters. The Morgan fingerprint density at radius 3 is 3.00 bits per heavy atom. The van der Waals surface area contributed by atoms with Gasteiger partial charge in [-0.05, 0) is 6.54 Å². The van der Waals surface area contributed by atoms with Gasteiger partial charge in [-0.15, -0.1) is 0 Å². The van der Waals surface area contributed by atoms with Gasteiger partial charge in [0, 0.05) is 30.0 Å². The topological polar surface area (TPSA) is 64.4 Å². The lowest BCUT2D eigenvalue weighted by Gasteiger charge is -2.31. The summed E-state index contributed by atoms with van der Waals surface area (Å²) in [6.07, 6.45) is 2.71. The number of rotatable bonds is 4. The van der Waals surface area contributed by atoms with Crippen molar-refractivity contribution in [2.75, 3.05) is 26.2 Å². The molecule has 18 heavy (non-hydrogen) atoms. The zero-order valence-electron chi connectivity index (χ0n) is 10.1. The summed E-state index contributed by atoms with van der Waals surface area (Å²) in [4.78, 5) is 2.31. The van der Waals surface area contributed by atoms with Gasteiger partial charge < -0.3 is 4.74 Å². The molecule has 1 aliphatic heterocycles. The van der Waals surface area contributed by atoms with Crippen molar-refractivity contribution in [1.82, 2.24) is 14.7 Å². The first kappa shape index (κ1) is 13.8. The quantitative estimate of drug-likeness (QED) is 0.758. The zero-order chi connectivity index (χ0) is 13.2. The van der Waals surface area contributed by atoms with Crippen molar-refractivity contribution in [3.8, 4) is 0 Å². The third kappa shape index (κ3) is 3.44. The average Bonchev–Trinajstić information content (AvgIpc) is 2.77. The molecule has 0 radical (unpaired) electrons. The number of halogens is 1. The molecule has 1 aromatic heterocycles. The molecule has 2 rings (SSSR count). The van der Waals surface area contributed by atoms with E-state index in [2.05, 4.69) is 16.9 Å². The molecule has 8 heteroatoms. The zero-order valence-corrected chi connectivity index (χ0v) is 11.7. The number of nitrogens with zero attached hydrogens (tertiary/aromatic N) is 3. The summed E-state index contributed by atoms with van der Waals surface area (Å²) < 4.78 is 29.4. The molecular formula is C10H16ClN3O3S. The third-order valence-electron chi connectivity index (χ3n) is 2.95. The van der Waals surface area contributed by atoms with Gasteiger partial charge in [-0.1, -0.05) is 6.92 Å². The van der Waals surface area contributed by atoms with Gasteiger partial charge in [0.05, 0.1) is 25.5 Å². The Morgan fingerprint density at radius 1 is 1.61 bits per heavy atom. The van der Waals surface area contributed by atoms with Crippen molar-refractivity contribution in [2.45, 2.75) is 24.5 Å². The summed E-state index contributed by atoms with van der Waals surface area (Å²) in [6.45, 7) is 6.09. The molecule has 0 bridgehead atoms. The maximum absolute atomic E-state index is 11.1. The van der Waals surface area contributed by atoms with Crippen molar-refractivity contribution in [1.29, 1.82) is 0 Å². The van der Waals surface area contributed by atoms with E-state index >= 15 is 0 Å². The lowest BCUT2D eigenvalue weighted by atomic mass is 10.2. The first-order valence-electron chi connectivity index (χ1n) is 5.80. The molecule has 1 saturated heterocycles. The van der Waals surface area contributed by atoms with Gasteiger partial charge in [-0.25, -0.2) is 8.42 Å². The van der Waals surface area contributed by atoms with E-state index in [0.717, 1.165) is 19.6 Å². The van der Waals surface area contributed by atoms with E-state index in [-0.39, 0.29) is 11.0 Å². The predicted molar refractivity (Wildman–Crippen MR) is 67.1 cm³/mol. The van der Waals surface area contributed by atoms with Gasteiger partial charge in [0.2, 0.25) is 0 Å². The molecule has 0 aromatic carbocycles. The standard InChI is InChI=1S/C10H16ClN3O3S/c1-2-13-3-4-17-9(6-13)7-14-8-10(5-12-14)18(11,15)16/h5,8-9H,2-4,6-7H2,1H3. The Kier molecular flexibility index (Phi) is 4.26. The van der Waals surface area contributed by atoms with E-state index in [0.29, 0.717) is 13.2 Å². The van der Waals surface area contributed by atoms with E-state index in [4.69, 9.17) is 15.4 Å². The SMILES string of the molecule is CCN1CCOC(Cn2cc(S(=O)(=O)Cl)cn2)C1. The van der Waals surface area contributed by atoms with Crippen LogP contribution < -0.4 is 0 Å². The first-order valence-corrected chi connectivity index (χ1v) is 8.11. The summed E-state index contributed by atoms with van der Waals surface area (Å²) in [5.74, 6) is 0. The van der Waals surface area contributed by atoms with Crippen LogP contribution in [0.15, 0.2) is 17.3 Å². The summed E-state index contributed by atoms with van der Waals surface area (Å²) in [7, 11) is 1.54. The van der Waals surface area contributed by atoms with Crippen molar-refractivity contribution in [3.05, 3.63) is 12.4 Å². The molecule has 2 heterocycles. The van der Waals surface area contributed by atoms with Gasteiger partial charge in [0.25, 0.3) is 9.05 Å². The number of ether oxygens (including phenoxy) is 1. The van der Waals surface area contributed by atoms with E-state index < -0.39 is 9.05 Å². The minimum Gasteiger partial charge on any atom is -0.374 e. The minimum atomic E-state index is -3.70. The van der Waals surface area contributed by atoms with Crippen LogP contribution in [0.5, 0.6) is 0 Å². The van der Waals surface area contributed by atoms with Gasteiger partial charge in [-0.3, -0.25) is 9.58 Å². The van der Waals surface area contributed by atoms with Crippen molar-refractivity contribution in [3.63, 3.8) is 0 Å². The monoisotopic (exact) mass is 293 g/mol. The smallest absolute Gasteiger partial charge is 0.264 e. The third-order valence-corrected chi connectivity index (χ3v) is 4.26. The highest BCUT2D eigenvalue weighted by atomic mass is 35.7. The second kappa shape index (κ2) is 5.56. The van der Waals surface area contributed by atoms with Gasteiger partial charge in [0.1, 0.15) is 4.90 Å². The number of aromatic nitrogens is 2. The van der Waals surface area contributed by atoms with Crippen LogP contribution in [0.25, 0.3) is 0 Å². The Bertz CT molecular complexity index is 502. The highest BCUT2D eigenvalue weighted by molar-refractivity contribution is 8.13. The molecule has 0 amide bonds. The molecular weight excluding hydrogens is 278 g/mol. The van der Waals surface area contributed by atoms with Crippen LogP contribution in [0.3, 0.4) is 0 Å². The van der Waals surface area contributed by atoms with Crippen molar-refractivity contribution < 1.29 is 13.2 Å². The minimum absolute atomic E-state index is 0.0207. The fourth-order valence-electron chi connectivity index (χ4n) is 1.96. The number of hydrogen-bond donors (Lipinski definition) is 0. The van der Waals surface area contributed by atoms with Crippen LogP contribution in [-0.2, 0) is 20.3 Å². The molecule has 0 aliphatic carbocycles. The van der Waals surface area contributed by atoms with Gasteiger partial charge >= 0.3 is 0 Å². The van der Waals surface area contributed by atoms with E-state index in [1.807, 2.05) is 0 Å². The van der Waals surface area contributed by atoms with Crippen molar-refractivity contribution in [2.24, 2.45) is 0 Å². The largest absolute Gasteiger partial charge is 0.374 e. The van der Waals surface area contributed by atoms with Crippen LogP contribution >= 0.6 is 10.7 Å². The van der Waals surface area contributed by atoms with E-state index in [9.17, 15) is 8.42 Å². The molecule has 0 saturated carbocycles. The maximum Gasteiger partial charge on any atom is 0.264 e. The lowest BCUT2D eigenvalue weighted by Crippen LogP contribution is -2.44. The fraction of sp³-hybridized carbons (Fsp3) is 0.700. The predicted octanol–water partition coefficient (Wildman–Crippen LogP) is 0.531. The molecule has 1 fully saturated rings. The maximum atomic E-state index is 11.1. The molecule has 102 valence electrons. The average molecular weight is 294 g/mol. The summed E-state index contributed by atoms with van der Waals surface area (Å²) >= 11 is 0. The highest BCUT2D eigenvalue weighted by Crippen LogP contribution is 2.14. The Labute approximate surface area is 111 Å². The second-order valence-corrected chi connectivity index (χ2v) is 6.79. The first-order chi connectivity index (χ1) is 8.49. The molecule has 6 nitrogen and oxygen atoms in total. The normalized spacial score (nSPS) is 22.2. The van der Waals surface area contributed by atoms with Crippen LogP contribution in [-0.4, -0.2) is 55.4 Å². The van der Waals surface area contributed by atoms with Crippen LogP contribution in [0.2, 0.25) is 0 Å². The molecule has 1 aromatic rings. The van der Waals surface area contributed by atoms with Gasteiger partial charge in [-0.2, -0.15) is 5.10 Å². The summed E-state index contributed by atoms with van der Waals surface area (Å²) in [5, 5.41) is 3.98. The number of likely N-dealkylation sites (N-methyl/N-ethyl adjacent to an activating group) is 1. The second-order valence-electron chi connectivity index (χ2n) is 4.22. The number of hydrogen-bond acceptors (Lipinski definition) is 5. The molecule has 1 unspecified atom stereocenters.